The number of aromatic amines is 1. The molecule has 0 unspecified atom stereocenters. The van der Waals surface area contributed by atoms with Crippen LogP contribution in [-0.2, 0) is 24.2 Å². The molecule has 4 heterocycles. The number of aryl methyl sites for hydroxylation is 2. The second kappa shape index (κ2) is 13.5. The number of fused-ring (bicyclic) bond motifs is 1. The van der Waals surface area contributed by atoms with Gasteiger partial charge in [0.05, 0.1) is 18.5 Å². The fourth-order valence-corrected chi connectivity index (χ4v) is 4.73. The smallest absolute Gasteiger partial charge is 0.449 e. The third-order valence-electron chi connectivity index (χ3n) is 7.10. The normalized spacial score (nSPS) is 13.7. The van der Waals surface area contributed by atoms with Gasteiger partial charge in [0.2, 0.25) is 0 Å². The number of carbonyl (C=O) groups is 2. The van der Waals surface area contributed by atoms with Crippen LogP contribution in [0.1, 0.15) is 60.0 Å². The van der Waals surface area contributed by atoms with Gasteiger partial charge in [-0.25, -0.2) is 9.18 Å². The number of ether oxygens (including phenoxy) is 2. The maximum Gasteiger partial charge on any atom is 0.573 e. The van der Waals surface area contributed by atoms with Crippen molar-refractivity contribution in [3.63, 3.8) is 0 Å². The molecule has 0 atom stereocenters. The first kappa shape index (κ1) is 31.7. The molecule has 3 aromatic heterocycles. The van der Waals surface area contributed by atoms with Gasteiger partial charge in [0.25, 0.3) is 5.91 Å². The summed E-state index contributed by atoms with van der Waals surface area (Å²) in [6.45, 7) is 5.67. The molecule has 1 aliphatic heterocycles. The molecule has 0 bridgehead atoms. The standard InChI is InChI=1S/C29H32F4N8O4/c1-17(2)16-44-28(43)40-13-20(14-40)24-11-18-9-21(36-38-26(18)35-24)5-3-4-8-41-15-25(37-39-41)27(42)34-12-19-10-22(6-7-23(19)30)45-29(31,32)33/h6-7,9-11,15,17,20H,3-5,8,12-14,16H2,1-2H3,(H,34,42)(H,35,38). The van der Waals surface area contributed by atoms with E-state index in [-0.39, 0.29) is 35.7 Å². The Morgan fingerprint density at radius 2 is 1.91 bits per heavy atom. The summed E-state index contributed by atoms with van der Waals surface area (Å²) in [5.41, 5.74) is 2.33. The van der Waals surface area contributed by atoms with Crippen molar-refractivity contribution < 1.29 is 36.6 Å². The second-order valence-corrected chi connectivity index (χ2v) is 11.2. The van der Waals surface area contributed by atoms with E-state index in [1.54, 1.807) is 4.90 Å². The highest BCUT2D eigenvalue weighted by atomic mass is 19.4. The lowest BCUT2D eigenvalue weighted by Gasteiger charge is -2.37. The van der Waals surface area contributed by atoms with Crippen molar-refractivity contribution in [2.45, 2.75) is 58.5 Å². The number of H-pyrrole nitrogens is 1. The summed E-state index contributed by atoms with van der Waals surface area (Å²) >= 11 is 0. The van der Waals surface area contributed by atoms with Crippen molar-refractivity contribution in [2.24, 2.45) is 5.92 Å². The first-order valence-corrected chi connectivity index (χ1v) is 14.4. The highest BCUT2D eigenvalue weighted by molar-refractivity contribution is 5.91. The van der Waals surface area contributed by atoms with Crippen LogP contribution in [0, 0.1) is 11.7 Å². The van der Waals surface area contributed by atoms with Crippen LogP contribution in [0.5, 0.6) is 5.75 Å². The number of halogens is 4. The predicted octanol–water partition coefficient (Wildman–Crippen LogP) is 4.73. The van der Waals surface area contributed by atoms with Crippen molar-refractivity contribution >= 4 is 23.0 Å². The van der Waals surface area contributed by atoms with E-state index in [4.69, 9.17) is 4.74 Å². The van der Waals surface area contributed by atoms with E-state index in [0.29, 0.717) is 44.7 Å². The van der Waals surface area contributed by atoms with E-state index in [0.717, 1.165) is 41.4 Å². The van der Waals surface area contributed by atoms with E-state index in [1.807, 2.05) is 26.0 Å². The lowest BCUT2D eigenvalue weighted by molar-refractivity contribution is -0.274. The van der Waals surface area contributed by atoms with Crippen molar-refractivity contribution in [3.8, 4) is 5.75 Å². The zero-order valence-electron chi connectivity index (χ0n) is 24.6. The highest BCUT2D eigenvalue weighted by Gasteiger charge is 2.34. The first-order chi connectivity index (χ1) is 21.4. The number of carbonyl (C=O) groups excluding carboxylic acids is 2. The zero-order chi connectivity index (χ0) is 32.1. The molecule has 2 amide bonds. The van der Waals surface area contributed by atoms with Crippen LogP contribution in [0.25, 0.3) is 11.0 Å². The molecule has 1 aromatic carbocycles. The summed E-state index contributed by atoms with van der Waals surface area (Å²) in [6, 6.07) is 6.57. The number of hydrogen-bond acceptors (Lipinski definition) is 8. The van der Waals surface area contributed by atoms with Gasteiger partial charge in [-0.3, -0.25) is 9.48 Å². The molecule has 1 saturated heterocycles. The maximum absolute atomic E-state index is 14.0. The summed E-state index contributed by atoms with van der Waals surface area (Å²) in [7, 11) is 0. The summed E-state index contributed by atoms with van der Waals surface area (Å²) in [4.78, 5) is 29.5. The van der Waals surface area contributed by atoms with Crippen molar-refractivity contribution in [3.05, 3.63) is 65.0 Å². The van der Waals surface area contributed by atoms with Gasteiger partial charge in [0.1, 0.15) is 11.6 Å². The molecular formula is C29H32F4N8O4. The lowest BCUT2D eigenvalue weighted by atomic mass is 9.97. The van der Waals surface area contributed by atoms with Crippen LogP contribution < -0.4 is 10.1 Å². The number of nitrogens with zero attached hydrogens (tertiary/aromatic N) is 6. The number of rotatable bonds is 12. The fourth-order valence-electron chi connectivity index (χ4n) is 4.73. The molecule has 240 valence electrons. The summed E-state index contributed by atoms with van der Waals surface area (Å²) in [5.74, 6) is -1.56. The number of aromatic nitrogens is 6. The summed E-state index contributed by atoms with van der Waals surface area (Å²) in [6.07, 6.45) is -1.62. The Morgan fingerprint density at radius 3 is 2.67 bits per heavy atom. The summed E-state index contributed by atoms with van der Waals surface area (Å²) in [5, 5.41) is 19.8. The Labute approximate surface area is 255 Å². The Kier molecular flexibility index (Phi) is 9.48. The van der Waals surface area contributed by atoms with Gasteiger partial charge >= 0.3 is 12.5 Å². The molecule has 0 aliphatic carbocycles. The largest absolute Gasteiger partial charge is 0.573 e. The topological polar surface area (TPSA) is 140 Å². The fraction of sp³-hybridized carbons (Fsp3) is 0.448. The minimum Gasteiger partial charge on any atom is -0.449 e. The van der Waals surface area contributed by atoms with Gasteiger partial charge in [0, 0.05) is 48.7 Å². The number of benzene rings is 1. The quantitative estimate of drug-likeness (QED) is 0.169. The molecule has 0 spiro atoms. The van der Waals surface area contributed by atoms with Crippen molar-refractivity contribution in [2.75, 3.05) is 19.7 Å². The van der Waals surface area contributed by atoms with Crippen LogP contribution in [-0.4, -0.2) is 73.1 Å². The van der Waals surface area contributed by atoms with Crippen LogP contribution in [0.2, 0.25) is 0 Å². The van der Waals surface area contributed by atoms with E-state index in [1.165, 1.54) is 10.9 Å². The molecule has 2 N–H and O–H groups in total. The van der Waals surface area contributed by atoms with Gasteiger partial charge in [-0.15, -0.1) is 23.4 Å². The minimum atomic E-state index is -4.92. The van der Waals surface area contributed by atoms with Gasteiger partial charge in [-0.2, -0.15) is 5.10 Å². The SMILES string of the molecule is CC(C)COC(=O)N1CC(c2cc3cc(CCCCn4cc(C(=O)NCc5cc(OC(F)(F)F)ccc5F)nn4)nnc3[nH]2)C1. The van der Waals surface area contributed by atoms with Crippen LogP contribution in [0.3, 0.4) is 0 Å². The monoisotopic (exact) mass is 632 g/mol. The van der Waals surface area contributed by atoms with E-state index in [2.05, 4.69) is 35.5 Å². The first-order valence-electron chi connectivity index (χ1n) is 14.4. The number of alkyl halides is 3. The number of hydrogen-bond donors (Lipinski definition) is 2. The van der Waals surface area contributed by atoms with Crippen LogP contribution in [0.15, 0.2) is 36.5 Å². The molecule has 0 radical (unpaired) electrons. The van der Waals surface area contributed by atoms with Crippen LogP contribution in [0.4, 0.5) is 22.4 Å². The summed E-state index contributed by atoms with van der Waals surface area (Å²) < 4.78 is 61.9. The minimum absolute atomic E-state index is 0.0141. The van der Waals surface area contributed by atoms with E-state index < -0.39 is 23.8 Å². The van der Waals surface area contributed by atoms with Crippen LogP contribution >= 0.6 is 0 Å². The number of likely N-dealkylation sites (tertiary alicyclic amines) is 1. The molecule has 4 aromatic rings. The Balaban J connectivity index is 1.05. The maximum atomic E-state index is 14.0. The van der Waals surface area contributed by atoms with Gasteiger partial charge < -0.3 is 24.7 Å². The zero-order valence-corrected chi connectivity index (χ0v) is 24.6. The molecular weight excluding hydrogens is 600 g/mol. The van der Waals surface area contributed by atoms with Gasteiger partial charge in [0.15, 0.2) is 11.3 Å². The molecule has 0 saturated carbocycles. The van der Waals surface area contributed by atoms with Gasteiger partial charge in [-0.05, 0) is 55.5 Å². The molecule has 16 heteroatoms. The Morgan fingerprint density at radius 1 is 1.11 bits per heavy atom. The number of nitrogens with one attached hydrogen (secondary N) is 2. The second-order valence-electron chi connectivity index (χ2n) is 11.2. The number of unbranched alkanes of at least 4 members (excludes halogenated alkanes) is 1. The molecule has 5 rings (SSSR count). The van der Waals surface area contributed by atoms with Crippen molar-refractivity contribution in [1.29, 1.82) is 0 Å². The lowest BCUT2D eigenvalue weighted by Crippen LogP contribution is -2.49. The Bertz CT molecular complexity index is 1650. The van der Waals surface area contributed by atoms with E-state index in [9.17, 15) is 27.2 Å². The van der Waals surface area contributed by atoms with Crippen molar-refractivity contribution in [1.82, 2.24) is 40.4 Å². The van der Waals surface area contributed by atoms with E-state index >= 15 is 0 Å². The molecule has 1 fully saturated rings. The average molecular weight is 633 g/mol. The Hall–Kier alpha value is -4.76. The third kappa shape index (κ3) is 8.45. The molecule has 12 nitrogen and oxygen atoms in total. The predicted molar refractivity (Wildman–Crippen MR) is 152 cm³/mol. The average Bonchev–Trinajstić information content (AvgIpc) is 3.60. The highest BCUT2D eigenvalue weighted by Crippen LogP contribution is 2.29. The molecule has 1 aliphatic rings. The number of amides is 2. The van der Waals surface area contributed by atoms with Gasteiger partial charge in [-0.1, -0.05) is 19.1 Å². The third-order valence-corrected chi connectivity index (χ3v) is 7.10. The molecule has 45 heavy (non-hydrogen) atoms.